The highest BCUT2D eigenvalue weighted by Gasteiger charge is 2.26. The number of nitrogens with one attached hydrogen (secondary N) is 3. The van der Waals surface area contributed by atoms with Crippen molar-refractivity contribution in [3.63, 3.8) is 0 Å². The summed E-state index contributed by atoms with van der Waals surface area (Å²) in [6.07, 6.45) is 1.83. The molecule has 8 nitrogen and oxygen atoms in total. The second kappa shape index (κ2) is 9.34. The average Bonchev–Trinajstić information content (AvgIpc) is 3.29. The maximum Gasteiger partial charge on any atom is 0.387 e. The molecule has 3 amide bonds. The quantitative estimate of drug-likeness (QED) is 0.349. The Labute approximate surface area is 198 Å². The number of anilines is 3. The standard InChI is InChI=1S/C25H20F2N4O4/c26-24(27)35-19-6-1-15(2-7-19)13-31-21-8-5-18(12-22(21)34-14-23(31)32)30-25(33)29-17-4-3-16-9-10-28-20(16)11-17/h1-12,24,28H,13-14H2,(H2,29,30,33). The smallest absolute Gasteiger partial charge is 0.387 e. The summed E-state index contributed by atoms with van der Waals surface area (Å²) < 4.78 is 34.6. The number of benzene rings is 3. The van der Waals surface area contributed by atoms with Crippen molar-refractivity contribution in [2.45, 2.75) is 13.2 Å². The van der Waals surface area contributed by atoms with Crippen molar-refractivity contribution in [2.75, 3.05) is 22.1 Å². The van der Waals surface area contributed by atoms with Gasteiger partial charge in [0.2, 0.25) is 0 Å². The van der Waals surface area contributed by atoms with E-state index in [0.717, 1.165) is 16.5 Å². The lowest BCUT2D eigenvalue weighted by molar-refractivity contribution is -0.121. The first-order chi connectivity index (χ1) is 16.9. The van der Waals surface area contributed by atoms with E-state index in [1.165, 1.54) is 17.0 Å². The molecule has 5 rings (SSSR count). The molecule has 1 aliphatic heterocycles. The third kappa shape index (κ3) is 5.01. The Balaban J connectivity index is 1.27. The molecular formula is C25H20F2N4O4. The van der Waals surface area contributed by atoms with Gasteiger partial charge >= 0.3 is 12.6 Å². The van der Waals surface area contributed by atoms with E-state index in [-0.39, 0.29) is 24.8 Å². The van der Waals surface area contributed by atoms with E-state index in [0.29, 0.717) is 22.8 Å². The van der Waals surface area contributed by atoms with E-state index < -0.39 is 12.6 Å². The summed E-state index contributed by atoms with van der Waals surface area (Å²) in [5.41, 5.74) is 3.30. The maximum atomic E-state index is 12.5. The minimum absolute atomic E-state index is 0.0410. The summed E-state index contributed by atoms with van der Waals surface area (Å²) in [7, 11) is 0. The number of rotatable bonds is 6. The number of carbonyl (C=O) groups excluding carboxylic acids is 2. The Morgan fingerprint density at radius 3 is 2.54 bits per heavy atom. The van der Waals surface area contributed by atoms with Crippen LogP contribution in [-0.2, 0) is 11.3 Å². The van der Waals surface area contributed by atoms with Crippen LogP contribution in [0.25, 0.3) is 10.9 Å². The van der Waals surface area contributed by atoms with E-state index in [2.05, 4.69) is 20.4 Å². The maximum absolute atomic E-state index is 12.5. The molecule has 3 aromatic carbocycles. The van der Waals surface area contributed by atoms with Crippen LogP contribution in [0.5, 0.6) is 11.5 Å². The van der Waals surface area contributed by atoms with Crippen LogP contribution in [-0.4, -0.2) is 30.1 Å². The van der Waals surface area contributed by atoms with Crippen LogP contribution in [0.1, 0.15) is 5.56 Å². The van der Waals surface area contributed by atoms with Crippen molar-refractivity contribution < 1.29 is 27.8 Å². The Bertz CT molecular complexity index is 1390. The molecule has 0 aliphatic carbocycles. The van der Waals surface area contributed by atoms with Gasteiger partial charge in [-0.1, -0.05) is 18.2 Å². The van der Waals surface area contributed by atoms with Crippen LogP contribution in [0, 0.1) is 0 Å². The number of halogens is 2. The van der Waals surface area contributed by atoms with Gasteiger partial charge in [0.25, 0.3) is 5.91 Å². The summed E-state index contributed by atoms with van der Waals surface area (Å²) >= 11 is 0. The van der Waals surface area contributed by atoms with Crippen molar-refractivity contribution in [3.8, 4) is 11.5 Å². The van der Waals surface area contributed by atoms with Gasteiger partial charge in [-0.15, -0.1) is 0 Å². The van der Waals surface area contributed by atoms with Gasteiger partial charge in [-0.25, -0.2) is 4.79 Å². The lowest BCUT2D eigenvalue weighted by atomic mass is 10.1. The van der Waals surface area contributed by atoms with E-state index in [1.807, 2.05) is 24.4 Å². The molecule has 0 bridgehead atoms. The number of aromatic nitrogens is 1. The fraction of sp³-hybridized carbons (Fsp3) is 0.120. The zero-order valence-electron chi connectivity index (χ0n) is 18.3. The van der Waals surface area contributed by atoms with Gasteiger partial charge in [-0.2, -0.15) is 8.78 Å². The largest absolute Gasteiger partial charge is 0.481 e. The van der Waals surface area contributed by atoms with Gasteiger partial charge in [0.15, 0.2) is 6.61 Å². The van der Waals surface area contributed by atoms with Gasteiger partial charge in [-0.3, -0.25) is 4.79 Å². The summed E-state index contributed by atoms with van der Waals surface area (Å²) in [5, 5.41) is 6.59. The van der Waals surface area contributed by atoms with Gasteiger partial charge in [0.05, 0.1) is 12.2 Å². The van der Waals surface area contributed by atoms with Gasteiger partial charge in [-0.05, 0) is 53.4 Å². The summed E-state index contributed by atoms with van der Waals surface area (Å²) in [5.74, 6) is 0.232. The summed E-state index contributed by atoms with van der Waals surface area (Å²) in [6.45, 7) is -2.84. The Morgan fingerprint density at radius 1 is 1.03 bits per heavy atom. The first kappa shape index (κ1) is 22.2. The number of nitrogens with zero attached hydrogens (tertiary/aromatic N) is 1. The lowest BCUT2D eigenvalue weighted by Crippen LogP contribution is -2.38. The van der Waals surface area contributed by atoms with Gasteiger partial charge < -0.3 is 30.0 Å². The summed E-state index contributed by atoms with van der Waals surface area (Å²) in [4.78, 5) is 29.6. The number of carbonyl (C=O) groups is 2. The lowest BCUT2D eigenvalue weighted by Gasteiger charge is -2.30. The van der Waals surface area contributed by atoms with Crippen LogP contribution < -0.4 is 25.0 Å². The first-order valence-electron chi connectivity index (χ1n) is 10.7. The van der Waals surface area contributed by atoms with Crippen molar-refractivity contribution in [1.29, 1.82) is 0 Å². The van der Waals surface area contributed by atoms with E-state index in [9.17, 15) is 18.4 Å². The molecule has 0 saturated carbocycles. The average molecular weight is 478 g/mol. The fourth-order valence-corrected chi connectivity index (χ4v) is 3.83. The number of hydrogen-bond acceptors (Lipinski definition) is 4. The number of aromatic amines is 1. The molecule has 178 valence electrons. The third-order valence-electron chi connectivity index (χ3n) is 5.46. The van der Waals surface area contributed by atoms with E-state index in [4.69, 9.17) is 4.74 Å². The Morgan fingerprint density at radius 2 is 1.77 bits per heavy atom. The fourth-order valence-electron chi connectivity index (χ4n) is 3.83. The van der Waals surface area contributed by atoms with Crippen LogP contribution in [0.3, 0.4) is 0 Å². The number of fused-ring (bicyclic) bond motifs is 2. The van der Waals surface area contributed by atoms with Crippen LogP contribution in [0.2, 0.25) is 0 Å². The molecule has 1 aliphatic rings. The van der Waals surface area contributed by atoms with Crippen LogP contribution in [0.15, 0.2) is 72.9 Å². The number of ether oxygens (including phenoxy) is 2. The SMILES string of the molecule is O=C(Nc1ccc2c(c1)OCC(=O)N2Cc1ccc(OC(F)F)cc1)Nc1ccc2cc[nH]c2c1. The molecule has 0 radical (unpaired) electrons. The predicted molar refractivity (Wildman–Crippen MR) is 127 cm³/mol. The predicted octanol–water partition coefficient (Wildman–Crippen LogP) is 5.34. The molecule has 2 heterocycles. The normalized spacial score (nSPS) is 12.9. The second-order valence-corrected chi connectivity index (χ2v) is 7.83. The molecule has 4 aromatic rings. The molecule has 10 heteroatoms. The minimum atomic E-state index is -2.90. The molecule has 3 N–H and O–H groups in total. The zero-order chi connectivity index (χ0) is 24.4. The molecule has 0 spiro atoms. The third-order valence-corrected chi connectivity index (χ3v) is 5.46. The highest BCUT2D eigenvalue weighted by molar-refractivity contribution is 6.02. The number of amides is 3. The molecule has 0 fully saturated rings. The summed E-state index contributed by atoms with van der Waals surface area (Å²) in [6, 6.07) is 18.1. The zero-order valence-corrected chi connectivity index (χ0v) is 18.3. The second-order valence-electron chi connectivity index (χ2n) is 7.83. The highest BCUT2D eigenvalue weighted by Crippen LogP contribution is 2.35. The Kier molecular flexibility index (Phi) is 5.92. The van der Waals surface area contributed by atoms with E-state index >= 15 is 0 Å². The highest BCUT2D eigenvalue weighted by atomic mass is 19.3. The van der Waals surface area contributed by atoms with Gasteiger partial charge in [0, 0.05) is 29.2 Å². The molecule has 0 unspecified atom stereocenters. The van der Waals surface area contributed by atoms with Crippen molar-refractivity contribution in [1.82, 2.24) is 4.98 Å². The first-order valence-corrected chi connectivity index (χ1v) is 10.7. The number of hydrogen-bond donors (Lipinski definition) is 3. The topological polar surface area (TPSA) is 95.7 Å². The molecule has 1 aromatic heterocycles. The van der Waals surface area contributed by atoms with Crippen molar-refractivity contribution in [2.24, 2.45) is 0 Å². The number of H-pyrrole nitrogens is 1. The number of urea groups is 1. The Hall–Kier alpha value is -4.60. The monoisotopic (exact) mass is 478 g/mol. The van der Waals surface area contributed by atoms with Gasteiger partial charge in [0.1, 0.15) is 11.5 Å². The molecular weight excluding hydrogens is 458 g/mol. The molecule has 35 heavy (non-hydrogen) atoms. The van der Waals surface area contributed by atoms with Crippen LogP contribution in [0.4, 0.5) is 30.6 Å². The van der Waals surface area contributed by atoms with Crippen molar-refractivity contribution in [3.05, 3.63) is 78.5 Å². The van der Waals surface area contributed by atoms with Crippen molar-refractivity contribution >= 4 is 39.9 Å². The minimum Gasteiger partial charge on any atom is -0.481 e. The van der Waals surface area contributed by atoms with Crippen LogP contribution >= 0.6 is 0 Å². The molecule has 0 atom stereocenters. The number of alkyl halides is 2. The molecule has 0 saturated heterocycles. The van der Waals surface area contributed by atoms with E-state index in [1.54, 1.807) is 36.4 Å².